The minimum atomic E-state index is 0.421. The molecule has 0 spiro atoms. The first-order valence-corrected chi connectivity index (χ1v) is 5.69. The quantitative estimate of drug-likeness (QED) is 0.815. The highest BCUT2D eigenvalue weighted by Crippen LogP contribution is 2.23. The fourth-order valence-electron chi connectivity index (χ4n) is 2.19. The fourth-order valence-corrected chi connectivity index (χ4v) is 2.19. The van der Waals surface area contributed by atoms with Crippen LogP contribution in [0.15, 0.2) is 10.6 Å². The molecule has 0 bridgehead atoms. The molecule has 0 saturated carbocycles. The second-order valence-electron chi connectivity index (χ2n) is 4.07. The van der Waals surface area contributed by atoms with Gasteiger partial charge in [-0.1, -0.05) is 12.1 Å². The smallest absolute Gasteiger partial charge is 0.133 e. The Kier molecular flexibility index (Phi) is 3.38. The average Bonchev–Trinajstić information content (AvgIpc) is 2.68. The maximum atomic E-state index is 5.15. The summed E-state index contributed by atoms with van der Waals surface area (Å²) in [5.41, 5.74) is 1.08. The highest BCUT2D eigenvalue weighted by molar-refractivity contribution is 5.09. The number of hydrogen-bond donors (Lipinski definition) is 1. The molecule has 1 atom stereocenters. The number of hydrogen-bond acceptors (Lipinski definition) is 4. The van der Waals surface area contributed by atoms with Crippen LogP contribution in [0.25, 0.3) is 0 Å². The molecule has 1 unspecified atom stereocenters. The summed E-state index contributed by atoms with van der Waals surface area (Å²) < 4.78 is 5.15. The van der Waals surface area contributed by atoms with Gasteiger partial charge in [0.1, 0.15) is 11.5 Å². The van der Waals surface area contributed by atoms with Gasteiger partial charge in [-0.15, -0.1) is 0 Å². The normalized spacial score (nSPS) is 20.4. The second kappa shape index (κ2) is 4.77. The molecule has 84 valence electrons. The molecule has 1 aromatic heterocycles. The zero-order valence-electron chi connectivity index (χ0n) is 9.49. The van der Waals surface area contributed by atoms with Crippen molar-refractivity contribution in [3.63, 3.8) is 0 Å². The molecule has 0 aromatic carbocycles. The van der Waals surface area contributed by atoms with E-state index in [2.05, 4.69) is 28.4 Å². The van der Waals surface area contributed by atoms with Crippen LogP contribution in [-0.4, -0.2) is 36.2 Å². The van der Waals surface area contributed by atoms with Crippen LogP contribution in [0.1, 0.15) is 30.8 Å². The predicted octanol–water partition coefficient (Wildman–Crippen LogP) is 1.34. The van der Waals surface area contributed by atoms with E-state index in [1.54, 1.807) is 0 Å². The van der Waals surface area contributed by atoms with Crippen molar-refractivity contribution in [1.29, 1.82) is 0 Å². The Morgan fingerprint density at radius 3 is 2.80 bits per heavy atom. The van der Waals surface area contributed by atoms with Gasteiger partial charge in [-0.3, -0.25) is 4.90 Å². The number of aromatic nitrogens is 1. The number of nitrogens with one attached hydrogen (secondary N) is 1. The van der Waals surface area contributed by atoms with Crippen LogP contribution >= 0.6 is 0 Å². The highest BCUT2D eigenvalue weighted by Gasteiger charge is 2.22. The van der Waals surface area contributed by atoms with Crippen molar-refractivity contribution >= 4 is 0 Å². The summed E-state index contributed by atoms with van der Waals surface area (Å²) in [6.45, 7) is 8.51. The van der Waals surface area contributed by atoms with Crippen LogP contribution < -0.4 is 5.32 Å². The summed E-state index contributed by atoms with van der Waals surface area (Å²) in [4.78, 5) is 2.48. The van der Waals surface area contributed by atoms with Crippen LogP contribution in [0, 0.1) is 6.92 Å². The molecular weight excluding hydrogens is 190 g/mol. The second-order valence-corrected chi connectivity index (χ2v) is 4.07. The molecule has 15 heavy (non-hydrogen) atoms. The lowest BCUT2D eigenvalue weighted by molar-refractivity contribution is 0.162. The molecule has 2 heterocycles. The lowest BCUT2D eigenvalue weighted by Gasteiger charge is -2.33. The fraction of sp³-hybridized carbons (Fsp3) is 0.727. The number of piperazine rings is 1. The lowest BCUT2D eigenvalue weighted by atomic mass is 10.1. The summed E-state index contributed by atoms with van der Waals surface area (Å²) in [6, 6.07) is 2.47. The molecule has 0 radical (unpaired) electrons. The van der Waals surface area contributed by atoms with Crippen molar-refractivity contribution < 1.29 is 4.52 Å². The third kappa shape index (κ3) is 2.38. The molecule has 4 nitrogen and oxygen atoms in total. The van der Waals surface area contributed by atoms with Gasteiger partial charge < -0.3 is 9.84 Å². The van der Waals surface area contributed by atoms with E-state index < -0.39 is 0 Å². The van der Waals surface area contributed by atoms with E-state index in [0.29, 0.717) is 6.04 Å². The van der Waals surface area contributed by atoms with Crippen LogP contribution in [0.5, 0.6) is 0 Å². The van der Waals surface area contributed by atoms with Gasteiger partial charge in [-0.25, -0.2) is 0 Å². The summed E-state index contributed by atoms with van der Waals surface area (Å²) in [5, 5.41) is 7.49. The van der Waals surface area contributed by atoms with Crippen LogP contribution in [-0.2, 0) is 0 Å². The lowest BCUT2D eigenvalue weighted by Crippen LogP contribution is -2.45. The zero-order valence-corrected chi connectivity index (χ0v) is 9.49. The first kappa shape index (κ1) is 10.6. The SMILES string of the molecule is CCC(c1cc(C)on1)N1CCNCC1. The third-order valence-corrected chi connectivity index (χ3v) is 2.97. The van der Waals surface area contributed by atoms with Gasteiger partial charge in [0.25, 0.3) is 0 Å². The molecule has 2 rings (SSSR count). The number of rotatable bonds is 3. The number of nitrogens with zero attached hydrogens (tertiary/aromatic N) is 2. The van der Waals surface area contributed by atoms with Gasteiger partial charge >= 0.3 is 0 Å². The highest BCUT2D eigenvalue weighted by atomic mass is 16.5. The van der Waals surface area contributed by atoms with E-state index in [-0.39, 0.29) is 0 Å². The maximum absolute atomic E-state index is 5.15. The van der Waals surface area contributed by atoms with E-state index in [9.17, 15) is 0 Å². The molecule has 1 N–H and O–H groups in total. The minimum absolute atomic E-state index is 0.421. The van der Waals surface area contributed by atoms with Crippen molar-refractivity contribution in [3.8, 4) is 0 Å². The van der Waals surface area contributed by atoms with E-state index >= 15 is 0 Å². The number of aryl methyl sites for hydroxylation is 1. The standard InChI is InChI=1S/C11H19N3O/c1-3-11(10-8-9(2)15-13-10)14-6-4-12-5-7-14/h8,11-12H,3-7H2,1-2H3. The van der Waals surface area contributed by atoms with Crippen molar-refractivity contribution in [1.82, 2.24) is 15.4 Å². The average molecular weight is 209 g/mol. The maximum Gasteiger partial charge on any atom is 0.133 e. The molecule has 1 saturated heterocycles. The van der Waals surface area contributed by atoms with Crippen LogP contribution in [0.2, 0.25) is 0 Å². The van der Waals surface area contributed by atoms with Crippen molar-refractivity contribution in [2.75, 3.05) is 26.2 Å². The van der Waals surface area contributed by atoms with E-state index in [1.807, 2.05) is 6.92 Å². The Morgan fingerprint density at radius 2 is 2.27 bits per heavy atom. The first-order chi connectivity index (χ1) is 7.31. The summed E-state index contributed by atoms with van der Waals surface area (Å²) in [7, 11) is 0. The van der Waals surface area contributed by atoms with E-state index in [0.717, 1.165) is 44.1 Å². The molecule has 0 aliphatic carbocycles. The van der Waals surface area contributed by atoms with Crippen LogP contribution in [0.4, 0.5) is 0 Å². The monoisotopic (exact) mass is 209 g/mol. The van der Waals surface area contributed by atoms with Gasteiger partial charge in [-0.05, 0) is 13.3 Å². The Morgan fingerprint density at radius 1 is 1.53 bits per heavy atom. The van der Waals surface area contributed by atoms with Crippen LogP contribution in [0.3, 0.4) is 0 Å². The Balaban J connectivity index is 2.08. The Hall–Kier alpha value is -0.870. The summed E-state index contributed by atoms with van der Waals surface area (Å²) in [6.07, 6.45) is 1.09. The predicted molar refractivity (Wildman–Crippen MR) is 58.7 cm³/mol. The molecule has 1 aliphatic heterocycles. The molecule has 4 heteroatoms. The Bertz CT molecular complexity index is 305. The zero-order chi connectivity index (χ0) is 10.7. The summed E-state index contributed by atoms with van der Waals surface area (Å²) >= 11 is 0. The van der Waals surface area contributed by atoms with Crippen molar-refractivity contribution in [2.24, 2.45) is 0 Å². The van der Waals surface area contributed by atoms with Gasteiger partial charge in [0.2, 0.25) is 0 Å². The van der Waals surface area contributed by atoms with Gasteiger partial charge in [0.05, 0.1) is 6.04 Å². The van der Waals surface area contributed by atoms with Gasteiger partial charge in [-0.2, -0.15) is 0 Å². The topological polar surface area (TPSA) is 41.3 Å². The molecule has 0 amide bonds. The van der Waals surface area contributed by atoms with Crippen molar-refractivity contribution in [3.05, 3.63) is 17.5 Å². The molecule has 1 aromatic rings. The summed E-state index contributed by atoms with van der Waals surface area (Å²) in [5.74, 6) is 0.901. The minimum Gasteiger partial charge on any atom is -0.361 e. The molecule has 1 fully saturated rings. The largest absolute Gasteiger partial charge is 0.361 e. The molecule has 1 aliphatic rings. The van der Waals surface area contributed by atoms with Crippen molar-refractivity contribution in [2.45, 2.75) is 26.3 Å². The van der Waals surface area contributed by atoms with E-state index in [4.69, 9.17) is 4.52 Å². The third-order valence-electron chi connectivity index (χ3n) is 2.97. The van der Waals surface area contributed by atoms with Gasteiger partial charge in [0.15, 0.2) is 0 Å². The van der Waals surface area contributed by atoms with E-state index in [1.165, 1.54) is 0 Å². The molecular formula is C11H19N3O. The first-order valence-electron chi connectivity index (χ1n) is 5.69. The Labute approximate surface area is 90.6 Å². The van der Waals surface area contributed by atoms with Gasteiger partial charge in [0, 0.05) is 32.2 Å².